The molecule has 1 unspecified atom stereocenters. The maximum absolute atomic E-state index is 13.1. The van der Waals surface area contributed by atoms with E-state index in [-0.39, 0.29) is 22.8 Å². The van der Waals surface area contributed by atoms with Gasteiger partial charge in [0.1, 0.15) is 36.0 Å². The zero-order valence-electron chi connectivity index (χ0n) is 37.6. The molecule has 4 atom stereocenters. The Balaban J connectivity index is 0.000000537. The monoisotopic (exact) mass is 906 g/mol. The van der Waals surface area contributed by atoms with Gasteiger partial charge in [-0.15, -0.1) is 0 Å². The standard InChI is InChI=1S/C36H34ClN2O9P.2C6H15N/c1-23-22-39(35(41)38-34(23)40)31-21-30(48-49(42,43)44)32(47-31)33(46-29-16-10-9-15-28(29)37)36(24-11-5-3-6-12-24,25-13-7-4-8-14-25)26-17-19-27(45-2)20-18-26;2*1-4-7(5-2)6-3/h3-20,22,30-33H,21H2,1-2H3,(H,38,40,41)(H2,42,43,44);2*4-6H2,1-3H3/t30-,31+,32-,33?;;/m0../s1. The second-order valence-electron chi connectivity index (χ2n) is 14.9. The number of rotatable bonds is 17. The highest BCUT2D eigenvalue weighted by Crippen LogP contribution is 2.51. The number of aromatic amines is 1. The van der Waals surface area contributed by atoms with Crippen molar-refractivity contribution in [3.63, 3.8) is 0 Å². The molecule has 1 aliphatic heterocycles. The lowest BCUT2D eigenvalue weighted by atomic mass is 9.64. The van der Waals surface area contributed by atoms with Crippen molar-refractivity contribution >= 4 is 19.4 Å². The summed E-state index contributed by atoms with van der Waals surface area (Å²) in [5.41, 5.74) is -0.121. The summed E-state index contributed by atoms with van der Waals surface area (Å²) in [5.74, 6) is 0.882. The van der Waals surface area contributed by atoms with Crippen molar-refractivity contribution in [2.75, 3.05) is 46.4 Å². The van der Waals surface area contributed by atoms with Gasteiger partial charge in [0.05, 0.1) is 17.5 Å². The Labute approximate surface area is 376 Å². The minimum atomic E-state index is -5.13. The van der Waals surface area contributed by atoms with E-state index < -0.39 is 49.0 Å². The number of nitrogens with zero attached hydrogens (tertiary/aromatic N) is 3. The van der Waals surface area contributed by atoms with Gasteiger partial charge in [0, 0.05) is 18.2 Å². The van der Waals surface area contributed by atoms with Crippen LogP contribution in [0, 0.1) is 6.92 Å². The minimum absolute atomic E-state index is 0.175. The highest BCUT2D eigenvalue weighted by Gasteiger charge is 2.56. The Bertz CT molecular complexity index is 2220. The van der Waals surface area contributed by atoms with Crippen molar-refractivity contribution in [2.45, 2.75) is 84.8 Å². The molecule has 342 valence electrons. The highest BCUT2D eigenvalue weighted by molar-refractivity contribution is 7.46. The van der Waals surface area contributed by atoms with Crippen LogP contribution in [0.25, 0.3) is 0 Å². The third kappa shape index (κ3) is 13.2. The highest BCUT2D eigenvalue weighted by atomic mass is 35.5. The molecule has 13 nitrogen and oxygen atoms in total. The molecule has 0 radical (unpaired) electrons. The first-order valence-corrected chi connectivity index (χ1v) is 23.4. The van der Waals surface area contributed by atoms with E-state index in [0.717, 1.165) is 16.7 Å². The van der Waals surface area contributed by atoms with Crippen LogP contribution in [-0.2, 0) is 19.2 Å². The Hall–Kier alpha value is -4.56. The summed E-state index contributed by atoms with van der Waals surface area (Å²) >= 11 is 6.71. The van der Waals surface area contributed by atoms with Gasteiger partial charge in [-0.2, -0.15) is 0 Å². The summed E-state index contributed by atoms with van der Waals surface area (Å²) in [4.78, 5) is 52.7. The van der Waals surface area contributed by atoms with E-state index in [4.69, 9.17) is 30.3 Å². The maximum atomic E-state index is 13.1. The lowest BCUT2D eigenvalue weighted by Crippen LogP contribution is -2.55. The zero-order valence-corrected chi connectivity index (χ0v) is 39.3. The van der Waals surface area contributed by atoms with Crippen LogP contribution in [0.15, 0.2) is 125 Å². The molecule has 0 aliphatic carbocycles. The van der Waals surface area contributed by atoms with Crippen LogP contribution in [0.2, 0.25) is 5.02 Å². The van der Waals surface area contributed by atoms with Crippen LogP contribution in [0.5, 0.6) is 11.5 Å². The molecule has 0 bridgehead atoms. The molecule has 3 N–H and O–H groups in total. The minimum Gasteiger partial charge on any atom is -0.497 e. The number of phosphoric acid groups is 1. The number of hydrogen-bond acceptors (Lipinski definition) is 9. The van der Waals surface area contributed by atoms with Gasteiger partial charge in [0.2, 0.25) is 0 Å². The number of phosphoric ester groups is 1. The number of H-pyrrole nitrogens is 1. The van der Waals surface area contributed by atoms with Gasteiger partial charge in [0.25, 0.3) is 5.56 Å². The SMILES string of the molecule is CCN(CC)CC.CCN(CC)CC.COc1ccc(C(c2ccccc2)(c2ccccc2)C(Oc2ccccc2Cl)[C@H]2O[C@@H](n3cc(C)c(=O)[nH]c3=O)C[C@@H]2OP(=O)(O)O)cc1. The molecule has 1 fully saturated rings. The van der Waals surface area contributed by atoms with Gasteiger partial charge in [-0.25, -0.2) is 9.36 Å². The van der Waals surface area contributed by atoms with Gasteiger partial charge in [-0.3, -0.25) is 18.9 Å². The van der Waals surface area contributed by atoms with Crippen LogP contribution in [0.1, 0.15) is 76.4 Å². The van der Waals surface area contributed by atoms with Crippen molar-refractivity contribution < 1.29 is 33.1 Å². The molecule has 1 aliphatic rings. The molecule has 63 heavy (non-hydrogen) atoms. The summed E-state index contributed by atoms with van der Waals surface area (Å²) in [6.07, 6.45) is -3.67. The third-order valence-electron chi connectivity index (χ3n) is 11.3. The van der Waals surface area contributed by atoms with E-state index in [1.165, 1.54) is 57.0 Å². The number of nitrogens with one attached hydrogen (secondary N) is 1. The van der Waals surface area contributed by atoms with E-state index in [1.807, 2.05) is 84.9 Å². The molecule has 0 saturated carbocycles. The number of para-hydroxylation sites is 1. The van der Waals surface area contributed by atoms with Crippen molar-refractivity contribution in [3.8, 4) is 11.5 Å². The molecule has 0 amide bonds. The van der Waals surface area contributed by atoms with Crippen LogP contribution >= 0.6 is 19.4 Å². The van der Waals surface area contributed by atoms with E-state index in [0.29, 0.717) is 5.75 Å². The van der Waals surface area contributed by atoms with Crippen molar-refractivity contribution in [1.82, 2.24) is 19.4 Å². The first kappa shape index (κ1) is 51.1. The molecule has 1 aromatic heterocycles. The second-order valence-corrected chi connectivity index (χ2v) is 16.5. The van der Waals surface area contributed by atoms with Crippen LogP contribution < -0.4 is 20.7 Å². The largest absolute Gasteiger partial charge is 0.497 e. The maximum Gasteiger partial charge on any atom is 0.469 e. The molecule has 15 heteroatoms. The Morgan fingerprint density at radius 3 is 1.70 bits per heavy atom. The number of halogens is 1. The number of methoxy groups -OCH3 is 1. The summed E-state index contributed by atoms with van der Waals surface area (Å²) in [6.45, 7) is 21.8. The first-order chi connectivity index (χ1) is 30.2. The smallest absolute Gasteiger partial charge is 0.469 e. The lowest BCUT2D eigenvalue weighted by molar-refractivity contribution is -0.0872. The summed E-state index contributed by atoms with van der Waals surface area (Å²) in [5, 5.41) is 0.284. The van der Waals surface area contributed by atoms with E-state index in [2.05, 4.69) is 56.3 Å². The molecular weight excluding hydrogens is 843 g/mol. The van der Waals surface area contributed by atoms with Crippen LogP contribution in [-0.4, -0.2) is 93.8 Å². The topological polar surface area (TPSA) is 156 Å². The molecule has 1 saturated heterocycles. The van der Waals surface area contributed by atoms with Crippen molar-refractivity contribution in [1.29, 1.82) is 0 Å². The third-order valence-corrected chi connectivity index (χ3v) is 12.2. The second kappa shape index (κ2) is 24.5. The molecule has 2 heterocycles. The predicted molar refractivity (Wildman–Crippen MR) is 250 cm³/mol. The average molecular weight is 907 g/mol. The lowest BCUT2D eigenvalue weighted by Gasteiger charge is -2.45. The number of ether oxygens (including phenoxy) is 3. The normalized spacial score (nSPS) is 16.7. The summed E-state index contributed by atoms with van der Waals surface area (Å²) in [6, 6.07) is 33.3. The number of aryl methyl sites for hydroxylation is 1. The van der Waals surface area contributed by atoms with Crippen molar-refractivity contribution in [2.24, 2.45) is 0 Å². The zero-order chi connectivity index (χ0) is 46.2. The Kier molecular flexibility index (Phi) is 19.9. The number of benzene rings is 4. The summed E-state index contributed by atoms with van der Waals surface area (Å²) in [7, 11) is -3.57. The molecular formula is C48H64ClN4O9P. The molecule has 0 spiro atoms. The molecule has 6 rings (SSSR count). The molecule has 5 aromatic rings. The quantitative estimate of drug-likeness (QED) is 0.0608. The Morgan fingerprint density at radius 1 is 0.778 bits per heavy atom. The fourth-order valence-electron chi connectivity index (χ4n) is 7.85. The van der Waals surface area contributed by atoms with E-state index >= 15 is 0 Å². The first-order valence-electron chi connectivity index (χ1n) is 21.5. The molecule has 4 aromatic carbocycles. The van der Waals surface area contributed by atoms with E-state index in [1.54, 1.807) is 31.4 Å². The van der Waals surface area contributed by atoms with Crippen molar-refractivity contribution in [3.05, 3.63) is 164 Å². The van der Waals surface area contributed by atoms with Gasteiger partial charge in [0.15, 0.2) is 0 Å². The van der Waals surface area contributed by atoms with Crippen LogP contribution in [0.3, 0.4) is 0 Å². The predicted octanol–water partition coefficient (Wildman–Crippen LogP) is 8.45. The average Bonchev–Trinajstić information content (AvgIpc) is 3.69. The van der Waals surface area contributed by atoms with Crippen LogP contribution in [0.4, 0.5) is 0 Å². The fraction of sp³-hybridized carbons (Fsp3) is 0.417. The number of aromatic nitrogens is 2. The fourth-order valence-corrected chi connectivity index (χ4v) is 8.59. The van der Waals surface area contributed by atoms with Gasteiger partial charge in [-0.05, 0) is 87.1 Å². The van der Waals surface area contributed by atoms with E-state index in [9.17, 15) is 23.9 Å². The Morgan fingerprint density at radius 2 is 1.25 bits per heavy atom. The summed E-state index contributed by atoms with van der Waals surface area (Å²) < 4.78 is 38.3. The van der Waals surface area contributed by atoms with Gasteiger partial charge >= 0.3 is 13.5 Å². The van der Waals surface area contributed by atoms with Gasteiger partial charge in [-0.1, -0.05) is 138 Å². The number of hydrogen-bond donors (Lipinski definition) is 3. The van der Waals surface area contributed by atoms with Gasteiger partial charge < -0.3 is 33.8 Å².